The molecule has 0 saturated heterocycles. The monoisotopic (exact) mass is 293 g/mol. The average Bonchev–Trinajstić information content (AvgIpc) is 3.08. The van der Waals surface area contributed by atoms with Gasteiger partial charge >= 0.3 is 0 Å². The van der Waals surface area contributed by atoms with Crippen molar-refractivity contribution >= 4 is 5.78 Å². The fraction of sp³-hybridized carbons (Fsp3) is 0.211. The quantitative estimate of drug-likeness (QED) is 0.626. The van der Waals surface area contributed by atoms with Crippen molar-refractivity contribution in [2.45, 2.75) is 6.54 Å². The third-order valence-electron chi connectivity index (χ3n) is 3.90. The molecule has 0 bridgehead atoms. The number of hydrogen-bond acceptors (Lipinski definition) is 3. The number of ketones is 1. The van der Waals surface area contributed by atoms with Crippen molar-refractivity contribution < 1.29 is 9.53 Å². The van der Waals surface area contributed by atoms with E-state index in [1.807, 2.05) is 48.5 Å². The first-order valence-corrected chi connectivity index (χ1v) is 7.42. The molecular formula is C19H19NO2. The van der Waals surface area contributed by atoms with Crippen molar-refractivity contribution in [1.29, 1.82) is 0 Å². The third-order valence-corrected chi connectivity index (χ3v) is 3.90. The third kappa shape index (κ3) is 3.10. The van der Waals surface area contributed by atoms with E-state index >= 15 is 0 Å². The van der Waals surface area contributed by atoms with E-state index in [4.69, 9.17) is 4.74 Å². The molecule has 0 aromatic heterocycles. The second-order valence-corrected chi connectivity index (χ2v) is 5.38. The van der Waals surface area contributed by atoms with Gasteiger partial charge in [-0.25, -0.2) is 0 Å². The highest BCUT2D eigenvalue weighted by Gasteiger charge is 2.16. The van der Waals surface area contributed by atoms with E-state index in [2.05, 4.69) is 17.1 Å². The molecule has 0 N–H and O–H groups in total. The highest BCUT2D eigenvalue weighted by Crippen LogP contribution is 2.19. The summed E-state index contributed by atoms with van der Waals surface area (Å²) in [5.74, 6) is 0.818. The number of carbonyl (C=O) groups excluding carboxylic acids is 1. The molecule has 0 atom stereocenters. The van der Waals surface area contributed by atoms with Crippen LogP contribution in [0.25, 0.3) is 0 Å². The van der Waals surface area contributed by atoms with Crippen LogP contribution in [0.4, 0.5) is 0 Å². The Morgan fingerprint density at radius 1 is 1.05 bits per heavy atom. The lowest BCUT2D eigenvalue weighted by molar-refractivity contribution is 0.103. The van der Waals surface area contributed by atoms with Crippen LogP contribution in [-0.4, -0.2) is 30.9 Å². The van der Waals surface area contributed by atoms with Crippen LogP contribution in [0, 0.1) is 0 Å². The van der Waals surface area contributed by atoms with Crippen LogP contribution in [-0.2, 0) is 6.54 Å². The molecule has 0 fully saturated rings. The van der Waals surface area contributed by atoms with E-state index < -0.39 is 0 Å². The van der Waals surface area contributed by atoms with Gasteiger partial charge in [-0.2, -0.15) is 0 Å². The largest absolute Gasteiger partial charge is 0.497 e. The van der Waals surface area contributed by atoms with Gasteiger partial charge in [0, 0.05) is 30.8 Å². The van der Waals surface area contributed by atoms with Crippen LogP contribution < -0.4 is 4.74 Å². The van der Waals surface area contributed by atoms with Gasteiger partial charge in [0.05, 0.1) is 7.11 Å². The maximum Gasteiger partial charge on any atom is 0.193 e. The average molecular weight is 293 g/mol. The Morgan fingerprint density at radius 2 is 1.73 bits per heavy atom. The molecule has 1 aliphatic rings. The lowest BCUT2D eigenvalue weighted by atomic mass is 9.98. The Balaban J connectivity index is 1.84. The molecule has 3 nitrogen and oxygen atoms in total. The second kappa shape index (κ2) is 6.58. The summed E-state index contributed by atoms with van der Waals surface area (Å²) in [5, 5.41) is 0. The summed E-state index contributed by atoms with van der Waals surface area (Å²) in [6.45, 7) is 2.70. The first-order chi connectivity index (χ1) is 10.8. The maximum atomic E-state index is 12.8. The molecule has 0 aliphatic carbocycles. The number of methoxy groups -OCH3 is 1. The fourth-order valence-corrected chi connectivity index (χ4v) is 2.67. The normalized spacial score (nSPS) is 14.2. The first kappa shape index (κ1) is 14.5. The van der Waals surface area contributed by atoms with E-state index in [9.17, 15) is 4.79 Å². The maximum absolute atomic E-state index is 12.8. The van der Waals surface area contributed by atoms with E-state index in [1.54, 1.807) is 7.11 Å². The molecule has 112 valence electrons. The van der Waals surface area contributed by atoms with Crippen LogP contribution in [0.5, 0.6) is 5.75 Å². The Morgan fingerprint density at radius 3 is 2.41 bits per heavy atom. The molecule has 22 heavy (non-hydrogen) atoms. The number of benzene rings is 2. The van der Waals surface area contributed by atoms with Gasteiger partial charge in [0.25, 0.3) is 0 Å². The predicted octanol–water partition coefficient (Wildman–Crippen LogP) is 3.30. The summed E-state index contributed by atoms with van der Waals surface area (Å²) in [7, 11) is 1.62. The minimum atomic E-state index is 0.0606. The van der Waals surface area contributed by atoms with Crippen LogP contribution in [0.2, 0.25) is 0 Å². The number of rotatable bonds is 5. The zero-order chi connectivity index (χ0) is 15.4. The number of nitrogens with zero attached hydrogens (tertiary/aromatic N) is 1. The van der Waals surface area contributed by atoms with E-state index in [-0.39, 0.29) is 5.78 Å². The second-order valence-electron chi connectivity index (χ2n) is 5.38. The summed E-state index contributed by atoms with van der Waals surface area (Å²) >= 11 is 0. The van der Waals surface area contributed by atoms with Gasteiger partial charge in [0.15, 0.2) is 5.78 Å². The number of hydrogen-bond donors (Lipinski definition) is 0. The standard InChI is InChI=1S/C19H19NO2/c1-22-17-10-8-15(9-11-17)19(21)18-7-3-2-6-16(18)14-20-12-4-5-13-20/h2-11H,12-14H2,1H3. The van der Waals surface area contributed by atoms with Crippen LogP contribution in [0.1, 0.15) is 21.5 Å². The van der Waals surface area contributed by atoms with Crippen LogP contribution >= 0.6 is 0 Å². The van der Waals surface area contributed by atoms with E-state index in [1.165, 1.54) is 0 Å². The molecule has 2 aromatic carbocycles. The number of carbonyl (C=O) groups is 1. The molecule has 1 aliphatic heterocycles. The minimum Gasteiger partial charge on any atom is -0.497 e. The molecule has 3 rings (SSSR count). The Labute approximate surface area is 130 Å². The highest BCUT2D eigenvalue weighted by atomic mass is 16.5. The van der Waals surface area contributed by atoms with Crippen molar-refractivity contribution in [3.8, 4) is 5.75 Å². The van der Waals surface area contributed by atoms with Crippen LogP contribution in [0.3, 0.4) is 0 Å². The topological polar surface area (TPSA) is 29.5 Å². The lowest BCUT2D eigenvalue weighted by Gasteiger charge is -2.17. The molecular weight excluding hydrogens is 274 g/mol. The SMILES string of the molecule is COc1ccc(C(=O)c2ccccc2CN2CC=CC2)cc1. The Hall–Kier alpha value is -2.39. The Kier molecular flexibility index (Phi) is 4.35. The van der Waals surface area contributed by atoms with Gasteiger partial charge in [0.2, 0.25) is 0 Å². The molecule has 0 amide bonds. The molecule has 0 radical (unpaired) electrons. The van der Waals surface area contributed by atoms with Crippen molar-refractivity contribution in [1.82, 2.24) is 4.90 Å². The van der Waals surface area contributed by atoms with E-state index in [0.717, 1.165) is 36.5 Å². The van der Waals surface area contributed by atoms with Gasteiger partial charge in [0.1, 0.15) is 5.75 Å². The summed E-state index contributed by atoms with van der Waals surface area (Å²) in [5.41, 5.74) is 2.54. The number of ether oxygens (including phenoxy) is 1. The molecule has 3 heteroatoms. The molecule has 1 heterocycles. The molecule has 0 unspecified atom stereocenters. The van der Waals surface area contributed by atoms with Gasteiger partial charge < -0.3 is 4.74 Å². The fourth-order valence-electron chi connectivity index (χ4n) is 2.67. The zero-order valence-corrected chi connectivity index (χ0v) is 12.7. The summed E-state index contributed by atoms with van der Waals surface area (Å²) in [6, 6.07) is 15.1. The molecule has 2 aromatic rings. The Bertz CT molecular complexity index is 681. The molecule has 0 spiro atoms. The zero-order valence-electron chi connectivity index (χ0n) is 12.7. The van der Waals surface area contributed by atoms with Crippen molar-refractivity contribution in [2.24, 2.45) is 0 Å². The van der Waals surface area contributed by atoms with Gasteiger partial charge in [-0.1, -0.05) is 36.4 Å². The van der Waals surface area contributed by atoms with Gasteiger partial charge in [-0.05, 0) is 29.8 Å². The molecule has 0 saturated carbocycles. The summed E-state index contributed by atoms with van der Waals surface area (Å²) < 4.78 is 5.14. The highest BCUT2D eigenvalue weighted by molar-refractivity contribution is 6.09. The van der Waals surface area contributed by atoms with E-state index in [0.29, 0.717) is 5.56 Å². The smallest absolute Gasteiger partial charge is 0.193 e. The summed E-state index contributed by atoms with van der Waals surface area (Å²) in [6.07, 6.45) is 4.32. The van der Waals surface area contributed by atoms with Crippen LogP contribution in [0.15, 0.2) is 60.7 Å². The lowest BCUT2D eigenvalue weighted by Crippen LogP contribution is -2.21. The van der Waals surface area contributed by atoms with Crippen molar-refractivity contribution in [3.63, 3.8) is 0 Å². The van der Waals surface area contributed by atoms with Crippen molar-refractivity contribution in [2.75, 3.05) is 20.2 Å². The van der Waals surface area contributed by atoms with Gasteiger partial charge in [-0.3, -0.25) is 9.69 Å². The first-order valence-electron chi connectivity index (χ1n) is 7.42. The minimum absolute atomic E-state index is 0.0606. The van der Waals surface area contributed by atoms with Gasteiger partial charge in [-0.15, -0.1) is 0 Å². The predicted molar refractivity (Wildman–Crippen MR) is 87.3 cm³/mol. The van der Waals surface area contributed by atoms with Crippen molar-refractivity contribution in [3.05, 3.63) is 77.4 Å². The summed E-state index contributed by atoms with van der Waals surface area (Å²) in [4.78, 5) is 15.1.